The summed E-state index contributed by atoms with van der Waals surface area (Å²) in [6.07, 6.45) is 6.96. The zero-order valence-electron chi connectivity index (χ0n) is 11.9. The van der Waals surface area contributed by atoms with Crippen molar-refractivity contribution in [2.45, 2.75) is 70.6 Å². The Morgan fingerprint density at radius 3 is 2.89 bits per heavy atom. The van der Waals surface area contributed by atoms with Gasteiger partial charge in [0.05, 0.1) is 22.9 Å². The Morgan fingerprint density at radius 2 is 2.26 bits per heavy atom. The fourth-order valence-corrected chi connectivity index (χ4v) is 4.52. The molecule has 0 spiro atoms. The average Bonchev–Trinajstić information content (AvgIpc) is 3.11. The van der Waals surface area contributed by atoms with Crippen LogP contribution in [0.25, 0.3) is 0 Å². The van der Waals surface area contributed by atoms with Crippen molar-refractivity contribution < 1.29 is 4.74 Å². The molecule has 2 aliphatic heterocycles. The predicted molar refractivity (Wildman–Crippen MR) is 78.7 cm³/mol. The van der Waals surface area contributed by atoms with Gasteiger partial charge >= 0.3 is 0 Å². The SMILES string of the molecule is CCCc1nc(C2CC3CCC2O3)sc1CNCC. The first-order valence-corrected chi connectivity index (χ1v) is 8.48. The maximum absolute atomic E-state index is 5.98. The fraction of sp³-hybridized carbons (Fsp3) is 0.800. The molecule has 0 aliphatic carbocycles. The lowest BCUT2D eigenvalue weighted by atomic mass is 9.90. The topological polar surface area (TPSA) is 34.1 Å². The molecule has 0 saturated carbocycles. The molecule has 2 bridgehead atoms. The summed E-state index contributed by atoms with van der Waals surface area (Å²) in [5.41, 5.74) is 1.33. The maximum atomic E-state index is 5.98. The molecular formula is C15H24N2OS. The fourth-order valence-electron chi connectivity index (χ4n) is 3.27. The molecule has 2 aliphatic rings. The van der Waals surface area contributed by atoms with Gasteiger partial charge in [-0.25, -0.2) is 4.98 Å². The third kappa shape index (κ3) is 2.71. The quantitative estimate of drug-likeness (QED) is 0.868. The van der Waals surface area contributed by atoms with Crippen LogP contribution in [0.1, 0.15) is 61.0 Å². The van der Waals surface area contributed by atoms with E-state index in [4.69, 9.17) is 9.72 Å². The molecule has 4 heteroatoms. The largest absolute Gasteiger partial charge is 0.374 e. The van der Waals surface area contributed by atoms with Crippen LogP contribution in [-0.2, 0) is 17.7 Å². The second-order valence-electron chi connectivity index (χ2n) is 5.67. The molecule has 3 heterocycles. The average molecular weight is 280 g/mol. The van der Waals surface area contributed by atoms with Gasteiger partial charge in [0, 0.05) is 17.3 Å². The summed E-state index contributed by atoms with van der Waals surface area (Å²) in [7, 11) is 0. The lowest BCUT2D eigenvalue weighted by molar-refractivity contribution is 0.100. The molecule has 3 unspecified atom stereocenters. The first-order chi connectivity index (χ1) is 9.31. The number of aromatic nitrogens is 1. The highest BCUT2D eigenvalue weighted by Gasteiger charge is 2.43. The molecule has 3 nitrogen and oxygen atoms in total. The summed E-state index contributed by atoms with van der Waals surface area (Å²) in [5, 5.41) is 4.78. The molecule has 1 aromatic rings. The molecule has 1 aromatic heterocycles. The molecular weight excluding hydrogens is 256 g/mol. The first kappa shape index (κ1) is 13.5. The Morgan fingerprint density at radius 1 is 1.37 bits per heavy atom. The smallest absolute Gasteiger partial charge is 0.0989 e. The van der Waals surface area contributed by atoms with E-state index in [1.165, 1.54) is 41.3 Å². The van der Waals surface area contributed by atoms with Gasteiger partial charge in [-0.05, 0) is 32.2 Å². The molecule has 3 rings (SSSR count). The highest BCUT2D eigenvalue weighted by molar-refractivity contribution is 7.11. The van der Waals surface area contributed by atoms with Crippen LogP contribution < -0.4 is 5.32 Å². The van der Waals surface area contributed by atoms with Crippen LogP contribution in [0.5, 0.6) is 0 Å². The number of nitrogens with one attached hydrogen (secondary N) is 1. The minimum absolute atomic E-state index is 0.456. The Balaban J connectivity index is 1.77. The molecule has 3 atom stereocenters. The van der Waals surface area contributed by atoms with Gasteiger partial charge in [-0.2, -0.15) is 0 Å². The zero-order valence-corrected chi connectivity index (χ0v) is 12.8. The van der Waals surface area contributed by atoms with Crippen LogP contribution in [0.15, 0.2) is 0 Å². The molecule has 2 fully saturated rings. The Hall–Kier alpha value is -0.450. The van der Waals surface area contributed by atoms with Crippen LogP contribution in [0.2, 0.25) is 0 Å². The summed E-state index contributed by atoms with van der Waals surface area (Å²) in [4.78, 5) is 6.40. The van der Waals surface area contributed by atoms with E-state index in [0.717, 1.165) is 19.5 Å². The Kier molecular flexibility index (Phi) is 4.20. The third-order valence-electron chi connectivity index (χ3n) is 4.24. The van der Waals surface area contributed by atoms with Crippen LogP contribution in [-0.4, -0.2) is 23.7 Å². The van der Waals surface area contributed by atoms with Gasteiger partial charge in [-0.3, -0.25) is 0 Å². The number of hydrogen-bond acceptors (Lipinski definition) is 4. The number of aryl methyl sites for hydroxylation is 1. The van der Waals surface area contributed by atoms with Crippen molar-refractivity contribution in [1.82, 2.24) is 10.3 Å². The number of nitrogens with zero attached hydrogens (tertiary/aromatic N) is 1. The van der Waals surface area contributed by atoms with Crippen molar-refractivity contribution in [3.05, 3.63) is 15.6 Å². The normalized spacial score (nSPS) is 29.3. The minimum Gasteiger partial charge on any atom is -0.374 e. The number of thiazole rings is 1. The molecule has 0 aromatic carbocycles. The summed E-state index contributed by atoms with van der Waals surface area (Å²) < 4.78 is 5.98. The molecule has 1 N–H and O–H groups in total. The molecule has 0 amide bonds. The Bertz CT molecular complexity index is 432. The van der Waals surface area contributed by atoms with Crippen molar-refractivity contribution in [3.63, 3.8) is 0 Å². The van der Waals surface area contributed by atoms with Gasteiger partial charge in [0.2, 0.25) is 0 Å². The highest BCUT2D eigenvalue weighted by atomic mass is 32.1. The van der Waals surface area contributed by atoms with Crippen LogP contribution in [0, 0.1) is 0 Å². The van der Waals surface area contributed by atoms with E-state index in [-0.39, 0.29) is 0 Å². The van der Waals surface area contributed by atoms with Gasteiger partial charge in [0.25, 0.3) is 0 Å². The van der Waals surface area contributed by atoms with Gasteiger partial charge < -0.3 is 10.1 Å². The standard InChI is InChI=1S/C15H24N2OS/c1-3-5-12-14(9-16-4-2)19-15(17-12)11-8-10-6-7-13(11)18-10/h10-11,13,16H,3-9H2,1-2H3. The first-order valence-electron chi connectivity index (χ1n) is 7.66. The van der Waals surface area contributed by atoms with E-state index in [1.807, 2.05) is 11.3 Å². The summed E-state index contributed by atoms with van der Waals surface area (Å²) in [6, 6.07) is 0. The van der Waals surface area contributed by atoms with E-state index >= 15 is 0 Å². The monoisotopic (exact) mass is 280 g/mol. The number of rotatable bonds is 6. The van der Waals surface area contributed by atoms with E-state index in [2.05, 4.69) is 19.2 Å². The van der Waals surface area contributed by atoms with Crippen LogP contribution in [0.3, 0.4) is 0 Å². The van der Waals surface area contributed by atoms with E-state index in [9.17, 15) is 0 Å². The van der Waals surface area contributed by atoms with Gasteiger partial charge in [-0.15, -0.1) is 11.3 Å². The number of ether oxygens (including phenoxy) is 1. The van der Waals surface area contributed by atoms with E-state index in [0.29, 0.717) is 18.1 Å². The van der Waals surface area contributed by atoms with E-state index < -0.39 is 0 Å². The second-order valence-corrected chi connectivity index (χ2v) is 6.78. The number of fused-ring (bicyclic) bond motifs is 2. The summed E-state index contributed by atoms with van der Waals surface area (Å²) in [6.45, 7) is 6.39. The van der Waals surface area contributed by atoms with Crippen LogP contribution >= 0.6 is 11.3 Å². The lowest BCUT2D eigenvalue weighted by Gasteiger charge is -2.15. The molecule has 0 radical (unpaired) electrons. The molecule has 19 heavy (non-hydrogen) atoms. The highest BCUT2D eigenvalue weighted by Crippen LogP contribution is 2.45. The maximum Gasteiger partial charge on any atom is 0.0989 e. The molecule has 106 valence electrons. The minimum atomic E-state index is 0.456. The zero-order chi connectivity index (χ0) is 13.2. The number of hydrogen-bond donors (Lipinski definition) is 1. The predicted octanol–water partition coefficient (Wildman–Crippen LogP) is 3.24. The van der Waals surface area contributed by atoms with Crippen LogP contribution in [0.4, 0.5) is 0 Å². The summed E-state index contributed by atoms with van der Waals surface area (Å²) >= 11 is 1.92. The molecule has 2 saturated heterocycles. The lowest BCUT2D eigenvalue weighted by Crippen LogP contribution is -2.14. The van der Waals surface area contributed by atoms with Crippen molar-refractivity contribution >= 4 is 11.3 Å². The van der Waals surface area contributed by atoms with Crippen molar-refractivity contribution in [1.29, 1.82) is 0 Å². The third-order valence-corrected chi connectivity index (χ3v) is 5.47. The van der Waals surface area contributed by atoms with Crippen molar-refractivity contribution in [2.75, 3.05) is 6.54 Å². The van der Waals surface area contributed by atoms with Crippen molar-refractivity contribution in [2.24, 2.45) is 0 Å². The second kappa shape index (κ2) is 5.90. The Labute approximate surface area is 119 Å². The van der Waals surface area contributed by atoms with Gasteiger partial charge in [0.1, 0.15) is 0 Å². The van der Waals surface area contributed by atoms with Crippen molar-refractivity contribution in [3.8, 4) is 0 Å². The summed E-state index contributed by atoms with van der Waals surface area (Å²) in [5.74, 6) is 0.578. The van der Waals surface area contributed by atoms with E-state index in [1.54, 1.807) is 0 Å². The van der Waals surface area contributed by atoms with Gasteiger partial charge in [0.15, 0.2) is 0 Å². The van der Waals surface area contributed by atoms with Gasteiger partial charge in [-0.1, -0.05) is 20.3 Å².